The Kier molecular flexibility index (Phi) is 4.05. The van der Waals surface area contributed by atoms with Gasteiger partial charge in [0, 0.05) is 26.2 Å². The zero-order valence-electron chi connectivity index (χ0n) is 13.0. The van der Waals surface area contributed by atoms with Crippen molar-refractivity contribution in [3.05, 3.63) is 18.6 Å². The number of hydrogen-bond acceptors (Lipinski definition) is 5. The molecule has 1 saturated heterocycles. The van der Waals surface area contributed by atoms with Gasteiger partial charge in [0.2, 0.25) is 5.91 Å². The van der Waals surface area contributed by atoms with Gasteiger partial charge in [-0.15, -0.1) is 0 Å². The van der Waals surface area contributed by atoms with Crippen molar-refractivity contribution in [3.8, 4) is 6.07 Å². The van der Waals surface area contributed by atoms with Crippen LogP contribution in [0.5, 0.6) is 0 Å². The highest BCUT2D eigenvalue weighted by Gasteiger charge is 2.46. The van der Waals surface area contributed by atoms with Crippen LogP contribution < -0.4 is 4.90 Å². The predicted molar refractivity (Wildman–Crippen MR) is 82.5 cm³/mol. The quantitative estimate of drug-likeness (QED) is 0.916. The van der Waals surface area contributed by atoms with Crippen molar-refractivity contribution < 1.29 is 13.6 Å². The molecular weight excluding hydrogens is 318 g/mol. The van der Waals surface area contributed by atoms with Crippen LogP contribution in [0.1, 0.15) is 12.8 Å². The Morgan fingerprint density at radius 3 is 3.12 bits per heavy atom. The lowest BCUT2D eigenvalue weighted by Gasteiger charge is -2.28. The van der Waals surface area contributed by atoms with Crippen molar-refractivity contribution in [1.29, 1.82) is 5.26 Å². The highest BCUT2D eigenvalue weighted by atomic mass is 19.3. The van der Waals surface area contributed by atoms with Crippen molar-refractivity contribution in [2.24, 2.45) is 0 Å². The summed E-state index contributed by atoms with van der Waals surface area (Å²) in [7, 11) is 1.51. The van der Waals surface area contributed by atoms with E-state index in [1.54, 1.807) is 18.3 Å². The molecule has 1 N–H and O–H groups in total. The Bertz CT molecular complexity index is 799. The number of likely N-dealkylation sites (N-methyl/N-ethyl adjacent to an activating group) is 1. The third-order valence-electron chi connectivity index (χ3n) is 4.12. The molecule has 24 heavy (non-hydrogen) atoms. The number of carbonyl (C=O) groups excluding carboxylic acids is 1. The van der Waals surface area contributed by atoms with Crippen LogP contribution in [0, 0.1) is 11.3 Å². The lowest BCUT2D eigenvalue weighted by atomic mass is 10.1. The second-order valence-corrected chi connectivity index (χ2v) is 5.89. The maximum absolute atomic E-state index is 14.0. The first-order chi connectivity index (χ1) is 11.4. The standard InChI is InChI=1S/C15H16F2N6O/c1-22(12(24)2-4-18)7-10-6-15(16,17)8-23(10)14-11-3-5-19-13(11)20-9-21-14/h3,5,9-10H,2,6-8H2,1H3,(H,19,20,21). The number of amides is 1. The summed E-state index contributed by atoms with van der Waals surface area (Å²) in [4.78, 5) is 25.8. The van der Waals surface area contributed by atoms with Gasteiger partial charge in [0.1, 0.15) is 24.2 Å². The molecule has 9 heteroatoms. The first-order valence-corrected chi connectivity index (χ1v) is 7.45. The Labute approximate surface area is 136 Å². The summed E-state index contributed by atoms with van der Waals surface area (Å²) in [5, 5.41) is 9.26. The number of carbonyl (C=O) groups is 1. The third kappa shape index (κ3) is 2.99. The molecule has 1 amide bonds. The van der Waals surface area contributed by atoms with Crippen LogP contribution >= 0.6 is 0 Å². The van der Waals surface area contributed by atoms with Crippen molar-refractivity contribution in [2.45, 2.75) is 24.8 Å². The van der Waals surface area contributed by atoms with Crippen LogP contribution in [-0.4, -0.2) is 57.9 Å². The molecule has 1 atom stereocenters. The van der Waals surface area contributed by atoms with Gasteiger partial charge in [0.05, 0.1) is 24.0 Å². The SMILES string of the molecule is CN(CC1CC(F)(F)CN1c1ncnc2[nH]ccc12)C(=O)CC#N. The monoisotopic (exact) mass is 334 g/mol. The van der Waals surface area contributed by atoms with Gasteiger partial charge >= 0.3 is 0 Å². The number of anilines is 1. The number of hydrogen-bond donors (Lipinski definition) is 1. The van der Waals surface area contributed by atoms with Crippen LogP contribution in [0.4, 0.5) is 14.6 Å². The Morgan fingerprint density at radius 2 is 2.38 bits per heavy atom. The lowest BCUT2D eigenvalue weighted by molar-refractivity contribution is -0.129. The fourth-order valence-electron chi connectivity index (χ4n) is 3.02. The van der Waals surface area contributed by atoms with Crippen molar-refractivity contribution >= 4 is 22.8 Å². The number of alkyl halides is 2. The van der Waals surface area contributed by atoms with Crippen LogP contribution in [0.2, 0.25) is 0 Å². The summed E-state index contributed by atoms with van der Waals surface area (Å²) in [5.41, 5.74) is 0.572. The van der Waals surface area contributed by atoms with Crippen molar-refractivity contribution in [1.82, 2.24) is 19.9 Å². The van der Waals surface area contributed by atoms with E-state index in [4.69, 9.17) is 5.26 Å². The number of nitrogens with one attached hydrogen (secondary N) is 1. The minimum Gasteiger partial charge on any atom is -0.346 e. The van der Waals surface area contributed by atoms with E-state index in [2.05, 4.69) is 15.0 Å². The molecule has 7 nitrogen and oxygen atoms in total. The van der Waals surface area contributed by atoms with Gasteiger partial charge in [-0.2, -0.15) is 5.26 Å². The molecule has 2 aromatic rings. The van der Waals surface area contributed by atoms with E-state index < -0.39 is 18.5 Å². The number of nitriles is 1. The van der Waals surface area contributed by atoms with Gasteiger partial charge in [-0.3, -0.25) is 4.79 Å². The molecular formula is C15H16F2N6O. The van der Waals surface area contributed by atoms with E-state index in [0.717, 1.165) is 0 Å². The van der Waals surface area contributed by atoms with Gasteiger partial charge < -0.3 is 14.8 Å². The van der Waals surface area contributed by atoms with E-state index in [1.807, 2.05) is 0 Å². The first kappa shape index (κ1) is 16.1. The average molecular weight is 334 g/mol. The Hall–Kier alpha value is -2.76. The van der Waals surface area contributed by atoms with Crippen molar-refractivity contribution in [3.63, 3.8) is 0 Å². The largest absolute Gasteiger partial charge is 0.346 e. The molecule has 1 aliphatic rings. The molecule has 0 spiro atoms. The molecule has 1 aliphatic heterocycles. The number of nitrogens with zero attached hydrogens (tertiary/aromatic N) is 5. The summed E-state index contributed by atoms with van der Waals surface area (Å²) in [6, 6.07) is 2.93. The highest BCUT2D eigenvalue weighted by molar-refractivity contribution is 5.87. The summed E-state index contributed by atoms with van der Waals surface area (Å²) in [5.74, 6) is -2.83. The molecule has 0 aliphatic carbocycles. The summed E-state index contributed by atoms with van der Waals surface area (Å²) in [6.07, 6.45) is 2.36. The molecule has 0 aromatic carbocycles. The maximum atomic E-state index is 14.0. The van der Waals surface area contributed by atoms with Crippen LogP contribution in [0.25, 0.3) is 11.0 Å². The van der Waals surface area contributed by atoms with E-state index in [0.29, 0.717) is 16.9 Å². The molecule has 2 aromatic heterocycles. The molecule has 126 valence electrons. The van der Waals surface area contributed by atoms with Crippen LogP contribution in [0.15, 0.2) is 18.6 Å². The molecule has 0 saturated carbocycles. The summed E-state index contributed by atoms with van der Waals surface area (Å²) >= 11 is 0. The van der Waals surface area contributed by atoms with Gasteiger partial charge in [-0.25, -0.2) is 18.7 Å². The first-order valence-electron chi connectivity index (χ1n) is 7.45. The van der Waals surface area contributed by atoms with E-state index >= 15 is 0 Å². The van der Waals surface area contributed by atoms with E-state index in [-0.39, 0.29) is 25.3 Å². The van der Waals surface area contributed by atoms with E-state index in [9.17, 15) is 13.6 Å². The van der Waals surface area contributed by atoms with E-state index in [1.165, 1.54) is 23.2 Å². The zero-order chi connectivity index (χ0) is 17.3. The average Bonchev–Trinajstić information content (AvgIpc) is 3.11. The minimum atomic E-state index is -2.86. The number of halogens is 2. The number of fused-ring (bicyclic) bond motifs is 1. The molecule has 3 heterocycles. The van der Waals surface area contributed by atoms with Gasteiger partial charge in [-0.1, -0.05) is 0 Å². The van der Waals surface area contributed by atoms with Gasteiger partial charge in [0.25, 0.3) is 5.92 Å². The minimum absolute atomic E-state index is 0.103. The predicted octanol–water partition coefficient (Wildman–Crippen LogP) is 1.54. The zero-order valence-corrected chi connectivity index (χ0v) is 13.0. The fourth-order valence-corrected chi connectivity index (χ4v) is 3.02. The molecule has 3 rings (SSSR count). The number of rotatable bonds is 4. The van der Waals surface area contributed by atoms with Gasteiger partial charge in [0.15, 0.2) is 0 Å². The summed E-state index contributed by atoms with van der Waals surface area (Å²) in [6.45, 7) is -0.360. The Balaban J connectivity index is 1.89. The topological polar surface area (TPSA) is 88.9 Å². The number of aromatic nitrogens is 3. The van der Waals surface area contributed by atoms with Crippen molar-refractivity contribution in [2.75, 3.05) is 25.0 Å². The second kappa shape index (κ2) is 6.03. The lowest BCUT2D eigenvalue weighted by Crippen LogP contribution is -2.41. The van der Waals surface area contributed by atoms with Crippen LogP contribution in [0.3, 0.4) is 0 Å². The third-order valence-corrected chi connectivity index (χ3v) is 4.12. The highest BCUT2D eigenvalue weighted by Crippen LogP contribution is 2.37. The second-order valence-electron chi connectivity index (χ2n) is 5.89. The molecule has 0 bridgehead atoms. The molecule has 0 radical (unpaired) electrons. The van der Waals surface area contributed by atoms with Crippen LogP contribution in [-0.2, 0) is 4.79 Å². The normalized spacial score (nSPS) is 19.4. The fraction of sp³-hybridized carbons (Fsp3) is 0.467. The number of H-pyrrole nitrogens is 1. The molecule has 1 fully saturated rings. The molecule has 1 unspecified atom stereocenters. The Morgan fingerprint density at radius 1 is 1.58 bits per heavy atom. The maximum Gasteiger partial charge on any atom is 0.267 e. The smallest absolute Gasteiger partial charge is 0.267 e. The van der Waals surface area contributed by atoms with Gasteiger partial charge in [-0.05, 0) is 6.07 Å². The summed E-state index contributed by atoms with van der Waals surface area (Å²) < 4.78 is 28.0. The number of aromatic amines is 1.